The molecule has 13 heavy (non-hydrogen) atoms. The van der Waals surface area contributed by atoms with E-state index in [0.29, 0.717) is 6.42 Å². The number of allylic oxidation sites excluding steroid dienone is 1. The smallest absolute Gasteiger partial charge is 0.161 e. The number of rotatable bonds is 5. The number of carbonyl (C=O) groups is 1. The fourth-order valence-electron chi connectivity index (χ4n) is 1.62. The van der Waals surface area contributed by atoms with Crippen molar-refractivity contribution in [3.05, 3.63) is 12.7 Å². The van der Waals surface area contributed by atoms with Gasteiger partial charge in [0.15, 0.2) is 5.78 Å². The van der Waals surface area contributed by atoms with Crippen molar-refractivity contribution in [1.29, 1.82) is 0 Å². The second-order valence-corrected chi connectivity index (χ2v) is 3.66. The highest BCUT2D eigenvalue weighted by molar-refractivity contribution is 5.83. The summed E-state index contributed by atoms with van der Waals surface area (Å²) >= 11 is 0. The van der Waals surface area contributed by atoms with Crippen LogP contribution in [-0.2, 0) is 9.53 Å². The summed E-state index contributed by atoms with van der Waals surface area (Å²) in [6, 6.07) is 0. The Morgan fingerprint density at radius 1 is 1.62 bits per heavy atom. The van der Waals surface area contributed by atoms with Crippen molar-refractivity contribution in [1.82, 2.24) is 0 Å². The lowest BCUT2D eigenvalue weighted by molar-refractivity contribution is -0.129. The van der Waals surface area contributed by atoms with E-state index >= 15 is 0 Å². The van der Waals surface area contributed by atoms with Crippen LogP contribution in [0.25, 0.3) is 0 Å². The van der Waals surface area contributed by atoms with Crippen molar-refractivity contribution in [3.8, 4) is 0 Å². The molecular formula is C11H18O2. The Kier molecular flexibility index (Phi) is 4.16. The third-order valence-electron chi connectivity index (χ3n) is 2.42. The van der Waals surface area contributed by atoms with Crippen molar-refractivity contribution < 1.29 is 9.53 Å². The molecule has 1 aliphatic heterocycles. The van der Waals surface area contributed by atoms with Crippen molar-refractivity contribution in [3.63, 3.8) is 0 Å². The Bertz CT molecular complexity index is 187. The van der Waals surface area contributed by atoms with Crippen molar-refractivity contribution in [2.45, 2.75) is 51.2 Å². The molecule has 1 fully saturated rings. The summed E-state index contributed by atoms with van der Waals surface area (Å²) in [6.45, 7) is 5.65. The molecule has 0 radical (unpaired) electrons. The predicted octanol–water partition coefficient (Wildman–Crippen LogP) is 2.48. The lowest BCUT2D eigenvalue weighted by atomic mass is 10.1. The number of ether oxygens (including phenoxy) is 1. The average molecular weight is 182 g/mol. The zero-order valence-electron chi connectivity index (χ0n) is 8.29. The van der Waals surface area contributed by atoms with Gasteiger partial charge in [-0.25, -0.2) is 0 Å². The molecular weight excluding hydrogens is 164 g/mol. The van der Waals surface area contributed by atoms with Gasteiger partial charge in [-0.1, -0.05) is 6.08 Å². The van der Waals surface area contributed by atoms with E-state index in [1.165, 1.54) is 0 Å². The number of unbranched alkanes of at least 4 members (excludes halogenated alkanes) is 1. The van der Waals surface area contributed by atoms with Gasteiger partial charge in [0.05, 0.1) is 6.10 Å². The van der Waals surface area contributed by atoms with Crippen LogP contribution in [0.15, 0.2) is 12.7 Å². The van der Waals surface area contributed by atoms with Gasteiger partial charge in [0.25, 0.3) is 0 Å². The van der Waals surface area contributed by atoms with E-state index in [9.17, 15) is 4.79 Å². The van der Waals surface area contributed by atoms with Crippen LogP contribution >= 0.6 is 0 Å². The lowest BCUT2D eigenvalue weighted by Gasteiger charge is -2.08. The molecule has 1 aliphatic rings. The lowest BCUT2D eigenvalue weighted by Crippen LogP contribution is -2.20. The summed E-state index contributed by atoms with van der Waals surface area (Å²) in [7, 11) is 0. The highest BCUT2D eigenvalue weighted by atomic mass is 16.5. The van der Waals surface area contributed by atoms with Gasteiger partial charge in [0, 0.05) is 6.42 Å². The van der Waals surface area contributed by atoms with Crippen molar-refractivity contribution in [2.24, 2.45) is 0 Å². The summed E-state index contributed by atoms with van der Waals surface area (Å²) in [6.07, 6.45) is 6.43. The molecule has 0 spiro atoms. The first-order valence-corrected chi connectivity index (χ1v) is 5.03. The Morgan fingerprint density at radius 2 is 2.38 bits per heavy atom. The van der Waals surface area contributed by atoms with Crippen LogP contribution in [0.1, 0.15) is 39.0 Å². The molecule has 1 heterocycles. The topological polar surface area (TPSA) is 26.3 Å². The number of hydrogen-bond acceptors (Lipinski definition) is 2. The Hall–Kier alpha value is -0.630. The van der Waals surface area contributed by atoms with E-state index in [1.54, 1.807) is 0 Å². The number of Topliss-reactive ketones (excluding diaryl/α,β-unsaturated/α-hetero) is 1. The Balaban J connectivity index is 2.19. The largest absolute Gasteiger partial charge is 0.368 e. The van der Waals surface area contributed by atoms with Gasteiger partial charge in [0.2, 0.25) is 0 Å². The van der Waals surface area contributed by atoms with Crippen LogP contribution in [0.2, 0.25) is 0 Å². The molecule has 2 heteroatoms. The minimum Gasteiger partial charge on any atom is -0.368 e. The first kappa shape index (κ1) is 10.5. The van der Waals surface area contributed by atoms with Gasteiger partial charge < -0.3 is 4.74 Å². The number of carbonyl (C=O) groups excluding carboxylic acids is 1. The predicted molar refractivity (Wildman–Crippen MR) is 52.6 cm³/mol. The van der Waals surface area contributed by atoms with Gasteiger partial charge in [-0.05, 0) is 32.6 Å². The normalized spacial score (nSPS) is 27.5. The molecule has 0 aromatic heterocycles. The molecule has 0 N–H and O–H groups in total. The average Bonchev–Trinajstić information content (AvgIpc) is 2.52. The molecule has 0 saturated carbocycles. The molecule has 1 saturated heterocycles. The third-order valence-corrected chi connectivity index (χ3v) is 2.42. The fraction of sp³-hybridized carbons (Fsp3) is 0.727. The standard InChI is InChI=1S/C11H18O2/c1-3-4-5-6-10(12)11-8-7-9(2)13-11/h3,9,11H,1,4-8H2,2H3. The van der Waals surface area contributed by atoms with Crippen molar-refractivity contribution in [2.75, 3.05) is 0 Å². The Morgan fingerprint density at radius 3 is 2.92 bits per heavy atom. The highest BCUT2D eigenvalue weighted by Crippen LogP contribution is 2.21. The fourth-order valence-corrected chi connectivity index (χ4v) is 1.62. The van der Waals surface area contributed by atoms with Crippen LogP contribution in [0.3, 0.4) is 0 Å². The molecule has 2 unspecified atom stereocenters. The van der Waals surface area contributed by atoms with Crippen molar-refractivity contribution >= 4 is 5.78 Å². The first-order chi connectivity index (χ1) is 6.24. The monoisotopic (exact) mass is 182 g/mol. The van der Waals surface area contributed by atoms with E-state index in [0.717, 1.165) is 25.7 Å². The van der Waals surface area contributed by atoms with Gasteiger partial charge in [-0.15, -0.1) is 6.58 Å². The summed E-state index contributed by atoms with van der Waals surface area (Å²) < 4.78 is 5.48. The molecule has 0 aromatic rings. The van der Waals surface area contributed by atoms with Crippen LogP contribution in [0, 0.1) is 0 Å². The molecule has 0 aliphatic carbocycles. The summed E-state index contributed by atoms with van der Waals surface area (Å²) in [5.41, 5.74) is 0. The summed E-state index contributed by atoms with van der Waals surface area (Å²) in [4.78, 5) is 11.5. The Labute approximate surface area is 80.0 Å². The minimum absolute atomic E-state index is 0.111. The molecule has 74 valence electrons. The second-order valence-electron chi connectivity index (χ2n) is 3.66. The maximum Gasteiger partial charge on any atom is 0.161 e. The maximum absolute atomic E-state index is 11.5. The number of ketones is 1. The van der Waals surface area contributed by atoms with Gasteiger partial charge in [-0.2, -0.15) is 0 Å². The van der Waals surface area contributed by atoms with E-state index in [-0.39, 0.29) is 18.0 Å². The van der Waals surface area contributed by atoms with Crippen LogP contribution < -0.4 is 0 Å². The second kappa shape index (κ2) is 5.18. The van der Waals surface area contributed by atoms with E-state index in [4.69, 9.17) is 4.74 Å². The van der Waals surface area contributed by atoms with Crippen LogP contribution in [0.5, 0.6) is 0 Å². The summed E-state index contributed by atoms with van der Waals surface area (Å²) in [5, 5.41) is 0. The highest BCUT2D eigenvalue weighted by Gasteiger charge is 2.27. The van der Waals surface area contributed by atoms with E-state index in [1.807, 2.05) is 13.0 Å². The molecule has 0 bridgehead atoms. The molecule has 1 rings (SSSR count). The zero-order chi connectivity index (χ0) is 9.68. The zero-order valence-corrected chi connectivity index (χ0v) is 8.29. The van der Waals surface area contributed by atoms with Gasteiger partial charge in [-0.3, -0.25) is 4.79 Å². The quantitative estimate of drug-likeness (QED) is 0.482. The molecule has 0 amide bonds. The molecule has 2 atom stereocenters. The van der Waals surface area contributed by atoms with Gasteiger partial charge >= 0.3 is 0 Å². The van der Waals surface area contributed by atoms with Gasteiger partial charge in [0.1, 0.15) is 6.10 Å². The first-order valence-electron chi connectivity index (χ1n) is 5.03. The molecule has 2 nitrogen and oxygen atoms in total. The van der Waals surface area contributed by atoms with Crippen LogP contribution in [0.4, 0.5) is 0 Å². The van der Waals surface area contributed by atoms with Crippen LogP contribution in [-0.4, -0.2) is 18.0 Å². The minimum atomic E-state index is -0.111. The molecule has 0 aromatic carbocycles. The SMILES string of the molecule is C=CCCCC(=O)C1CCC(C)O1. The number of hydrogen-bond donors (Lipinski definition) is 0. The van der Waals surface area contributed by atoms with E-state index < -0.39 is 0 Å². The summed E-state index contributed by atoms with van der Waals surface area (Å²) in [5.74, 6) is 0.270. The maximum atomic E-state index is 11.5. The third kappa shape index (κ3) is 3.31. The van der Waals surface area contributed by atoms with E-state index in [2.05, 4.69) is 6.58 Å².